The van der Waals surface area contributed by atoms with Gasteiger partial charge in [0, 0.05) is 5.31 Å². The predicted octanol–water partition coefficient (Wildman–Crippen LogP) is 5.34. The van der Waals surface area contributed by atoms with E-state index in [1.165, 1.54) is 11.1 Å². The fourth-order valence-corrected chi connectivity index (χ4v) is 5.66. The van der Waals surface area contributed by atoms with Gasteiger partial charge in [0.1, 0.15) is 0 Å². The molecule has 3 aliphatic rings. The van der Waals surface area contributed by atoms with Crippen LogP contribution in [0.1, 0.15) is 78.9 Å². The van der Waals surface area contributed by atoms with E-state index in [2.05, 4.69) is 72.7 Å². The van der Waals surface area contributed by atoms with Gasteiger partial charge in [-0.3, -0.25) is 0 Å². The molecule has 28 heavy (non-hydrogen) atoms. The number of rotatable bonds is 3. The van der Waals surface area contributed by atoms with Crippen molar-refractivity contribution in [3.63, 3.8) is 0 Å². The molecule has 1 aromatic carbocycles. The summed E-state index contributed by atoms with van der Waals surface area (Å²) in [7, 11) is -0.233. The Morgan fingerprint density at radius 2 is 1.71 bits per heavy atom. The standard InChI is InChI=1S/C24H37BO3/c1-8-20-19-14-13-17-11-9-10-12-18(17)24(19,15-21(26-20)16(2)3)25-27-22(4,5)23(6,7)28-25/h9-12,16,19-21H,8,13-15H2,1-7H3/t19-,20-,21-,24-/m0/s1. The molecule has 2 heterocycles. The summed E-state index contributed by atoms with van der Waals surface area (Å²) in [5.74, 6) is 0.903. The van der Waals surface area contributed by atoms with E-state index in [0.29, 0.717) is 11.8 Å². The first-order valence-electron chi connectivity index (χ1n) is 11.2. The second-order valence-corrected chi connectivity index (χ2v) is 10.5. The van der Waals surface area contributed by atoms with Crippen molar-refractivity contribution in [2.45, 2.75) is 103 Å². The quantitative estimate of drug-likeness (QED) is 0.659. The lowest BCUT2D eigenvalue weighted by molar-refractivity contribution is -0.131. The molecule has 2 saturated heterocycles. The lowest BCUT2D eigenvalue weighted by Gasteiger charge is -2.55. The molecule has 0 radical (unpaired) electrons. The summed E-state index contributed by atoms with van der Waals surface area (Å²) in [4.78, 5) is 0. The van der Waals surface area contributed by atoms with Crippen LogP contribution in [0.3, 0.4) is 0 Å². The molecular weight excluding hydrogens is 347 g/mol. The number of ether oxygens (including phenoxy) is 1. The largest absolute Gasteiger partial charge is 0.469 e. The monoisotopic (exact) mass is 384 g/mol. The predicted molar refractivity (Wildman–Crippen MR) is 114 cm³/mol. The second kappa shape index (κ2) is 6.85. The van der Waals surface area contributed by atoms with Gasteiger partial charge in [-0.1, -0.05) is 45.0 Å². The topological polar surface area (TPSA) is 27.7 Å². The van der Waals surface area contributed by atoms with E-state index in [9.17, 15) is 0 Å². The molecule has 0 aromatic heterocycles. The Hall–Kier alpha value is -0.835. The fraction of sp³-hybridized carbons (Fsp3) is 0.750. The Morgan fingerprint density at radius 1 is 1.07 bits per heavy atom. The number of aryl methyl sites for hydroxylation is 1. The molecule has 1 aromatic rings. The lowest BCUT2D eigenvalue weighted by atomic mass is 9.41. The highest BCUT2D eigenvalue weighted by molar-refractivity contribution is 6.50. The molecule has 0 saturated carbocycles. The van der Waals surface area contributed by atoms with Crippen molar-refractivity contribution in [2.75, 3.05) is 0 Å². The molecule has 154 valence electrons. The molecule has 0 unspecified atom stereocenters. The minimum absolute atomic E-state index is 0.145. The molecule has 4 heteroatoms. The van der Waals surface area contributed by atoms with Gasteiger partial charge < -0.3 is 14.0 Å². The summed E-state index contributed by atoms with van der Waals surface area (Å²) in [6.45, 7) is 15.5. The van der Waals surface area contributed by atoms with Crippen LogP contribution in [0.15, 0.2) is 24.3 Å². The maximum atomic E-state index is 6.76. The van der Waals surface area contributed by atoms with Crippen LogP contribution in [-0.2, 0) is 25.8 Å². The van der Waals surface area contributed by atoms with Gasteiger partial charge in [-0.05, 0) is 76.3 Å². The van der Waals surface area contributed by atoms with E-state index in [0.717, 1.165) is 25.7 Å². The van der Waals surface area contributed by atoms with Crippen molar-refractivity contribution < 1.29 is 14.0 Å². The van der Waals surface area contributed by atoms with E-state index >= 15 is 0 Å². The first-order valence-corrected chi connectivity index (χ1v) is 11.2. The van der Waals surface area contributed by atoms with Crippen molar-refractivity contribution in [1.29, 1.82) is 0 Å². The summed E-state index contributed by atoms with van der Waals surface area (Å²) in [6, 6.07) is 9.00. The van der Waals surface area contributed by atoms with Gasteiger partial charge in [0.25, 0.3) is 0 Å². The van der Waals surface area contributed by atoms with Gasteiger partial charge in [-0.2, -0.15) is 0 Å². The number of hydrogen-bond acceptors (Lipinski definition) is 3. The molecule has 0 bridgehead atoms. The zero-order chi connectivity index (χ0) is 20.3. The molecule has 0 amide bonds. The first kappa shape index (κ1) is 20.4. The van der Waals surface area contributed by atoms with Crippen molar-refractivity contribution in [3.05, 3.63) is 35.4 Å². The van der Waals surface area contributed by atoms with Crippen molar-refractivity contribution in [1.82, 2.24) is 0 Å². The van der Waals surface area contributed by atoms with Crippen LogP contribution in [-0.4, -0.2) is 30.5 Å². The highest BCUT2D eigenvalue weighted by atomic mass is 16.7. The normalized spacial score (nSPS) is 36.3. The van der Waals surface area contributed by atoms with Crippen LogP contribution in [0.5, 0.6) is 0 Å². The third-order valence-corrected chi connectivity index (χ3v) is 8.06. The van der Waals surface area contributed by atoms with E-state index in [-0.39, 0.29) is 35.8 Å². The molecular formula is C24H37BO3. The fourth-order valence-electron chi connectivity index (χ4n) is 5.66. The molecule has 4 rings (SSSR count). The van der Waals surface area contributed by atoms with Gasteiger partial charge in [0.15, 0.2) is 0 Å². The van der Waals surface area contributed by atoms with E-state index < -0.39 is 0 Å². The average Bonchev–Trinajstić information content (AvgIpc) is 2.88. The van der Waals surface area contributed by atoms with Gasteiger partial charge in [-0.25, -0.2) is 0 Å². The first-order chi connectivity index (χ1) is 13.1. The minimum Gasteiger partial charge on any atom is -0.403 e. The van der Waals surface area contributed by atoms with Crippen molar-refractivity contribution in [2.24, 2.45) is 11.8 Å². The Morgan fingerprint density at radius 3 is 2.32 bits per heavy atom. The summed E-state index contributed by atoms with van der Waals surface area (Å²) in [6.07, 6.45) is 4.76. The van der Waals surface area contributed by atoms with Crippen LogP contribution < -0.4 is 0 Å². The molecule has 3 nitrogen and oxygen atoms in total. The Bertz CT molecular complexity index is 712. The minimum atomic E-state index is -0.323. The van der Waals surface area contributed by atoms with Crippen LogP contribution in [0.2, 0.25) is 0 Å². The molecule has 2 aliphatic heterocycles. The van der Waals surface area contributed by atoms with Gasteiger partial charge in [0.2, 0.25) is 0 Å². The SMILES string of the molecule is CC[C@@H]1O[C@H](C(C)C)C[C@]2(B3OC(C)(C)C(C)(C)O3)c3ccccc3CC[C@@H]12. The lowest BCUT2D eigenvalue weighted by Crippen LogP contribution is -2.62. The smallest absolute Gasteiger partial charge is 0.403 e. The molecule has 4 atom stereocenters. The van der Waals surface area contributed by atoms with E-state index in [1.54, 1.807) is 0 Å². The summed E-state index contributed by atoms with van der Waals surface area (Å²) >= 11 is 0. The van der Waals surface area contributed by atoms with Gasteiger partial charge >= 0.3 is 7.12 Å². The van der Waals surface area contributed by atoms with Crippen LogP contribution >= 0.6 is 0 Å². The van der Waals surface area contributed by atoms with Crippen molar-refractivity contribution in [3.8, 4) is 0 Å². The maximum absolute atomic E-state index is 6.76. The zero-order valence-electron chi connectivity index (χ0n) is 18.7. The number of hydrogen-bond donors (Lipinski definition) is 0. The molecule has 1 aliphatic carbocycles. The highest BCUT2D eigenvalue weighted by Crippen LogP contribution is 2.56. The zero-order valence-corrected chi connectivity index (χ0v) is 18.7. The van der Waals surface area contributed by atoms with Gasteiger partial charge in [-0.15, -0.1) is 0 Å². The molecule has 2 fully saturated rings. The average molecular weight is 384 g/mol. The summed E-state index contributed by atoms with van der Waals surface area (Å²) in [5.41, 5.74) is 2.26. The van der Waals surface area contributed by atoms with Crippen LogP contribution in [0, 0.1) is 11.8 Å². The third kappa shape index (κ3) is 2.90. The Balaban J connectivity index is 1.88. The Labute approximate surface area is 171 Å². The summed E-state index contributed by atoms with van der Waals surface area (Å²) in [5, 5.41) is -0.145. The van der Waals surface area contributed by atoms with Crippen molar-refractivity contribution >= 4 is 7.12 Å². The molecule has 0 N–H and O–H groups in total. The van der Waals surface area contributed by atoms with Crippen LogP contribution in [0.4, 0.5) is 0 Å². The van der Waals surface area contributed by atoms with Crippen LogP contribution in [0.25, 0.3) is 0 Å². The Kier molecular flexibility index (Phi) is 5.00. The number of fused-ring (bicyclic) bond motifs is 3. The number of benzene rings is 1. The van der Waals surface area contributed by atoms with E-state index in [4.69, 9.17) is 14.0 Å². The van der Waals surface area contributed by atoms with E-state index in [1.807, 2.05) is 0 Å². The molecule has 0 spiro atoms. The highest BCUT2D eigenvalue weighted by Gasteiger charge is 2.66. The second-order valence-electron chi connectivity index (χ2n) is 10.5. The third-order valence-electron chi connectivity index (χ3n) is 8.06. The maximum Gasteiger partial charge on any atom is 0.469 e. The summed E-state index contributed by atoms with van der Waals surface area (Å²) < 4.78 is 20.2. The van der Waals surface area contributed by atoms with Gasteiger partial charge in [0.05, 0.1) is 23.4 Å².